The summed E-state index contributed by atoms with van der Waals surface area (Å²) in [7, 11) is 4.76. The third-order valence-electron chi connectivity index (χ3n) is 3.82. The Morgan fingerprint density at radius 3 is 2.27 bits per heavy atom. The normalized spacial score (nSPS) is 18.5. The number of hydrogen-bond donors (Lipinski definition) is 2. The van der Waals surface area contributed by atoms with E-state index >= 15 is 0 Å². The lowest BCUT2D eigenvalue weighted by Crippen LogP contribution is -2.57. The Morgan fingerprint density at radius 2 is 1.86 bits per heavy atom. The highest BCUT2D eigenvalue weighted by atomic mass is 16.5. The van der Waals surface area contributed by atoms with Gasteiger partial charge in [-0.1, -0.05) is 0 Å². The van der Waals surface area contributed by atoms with Crippen LogP contribution in [0.15, 0.2) is 0 Å². The molecule has 1 rings (SSSR count). The number of ether oxygens (including phenoxy) is 1. The van der Waals surface area contributed by atoms with E-state index in [9.17, 15) is 19.5 Å². The van der Waals surface area contributed by atoms with Crippen molar-refractivity contribution < 1.29 is 24.2 Å². The van der Waals surface area contributed by atoms with Crippen LogP contribution in [0.4, 0.5) is 4.79 Å². The molecule has 0 spiro atoms. The van der Waals surface area contributed by atoms with Crippen molar-refractivity contribution in [2.45, 2.75) is 25.3 Å². The molecule has 126 valence electrons. The molecule has 1 heterocycles. The Hall–Kier alpha value is -1.83. The summed E-state index contributed by atoms with van der Waals surface area (Å²) >= 11 is 0. The molecule has 1 saturated heterocycles. The van der Waals surface area contributed by atoms with Crippen LogP contribution in [0.25, 0.3) is 0 Å². The van der Waals surface area contributed by atoms with Gasteiger partial charge in [0.1, 0.15) is 0 Å². The van der Waals surface area contributed by atoms with Crippen molar-refractivity contribution >= 4 is 17.9 Å². The fourth-order valence-electron chi connectivity index (χ4n) is 2.43. The largest absolute Gasteiger partial charge is 0.479 e. The Kier molecular flexibility index (Phi) is 6.16. The molecule has 8 heteroatoms. The lowest BCUT2D eigenvalue weighted by Gasteiger charge is -2.34. The van der Waals surface area contributed by atoms with Crippen LogP contribution in [0.5, 0.6) is 0 Å². The molecule has 8 nitrogen and oxygen atoms in total. The van der Waals surface area contributed by atoms with Gasteiger partial charge in [0.05, 0.1) is 6.61 Å². The van der Waals surface area contributed by atoms with E-state index in [-0.39, 0.29) is 24.5 Å². The first-order valence-electron chi connectivity index (χ1n) is 7.22. The van der Waals surface area contributed by atoms with Crippen LogP contribution in [-0.2, 0) is 14.3 Å². The number of carbonyl (C=O) groups is 3. The molecule has 0 bridgehead atoms. The molecule has 1 aliphatic rings. The molecule has 1 fully saturated rings. The summed E-state index contributed by atoms with van der Waals surface area (Å²) < 4.78 is 4.88. The molecule has 2 N–H and O–H groups in total. The SMILES string of the molecule is COCC(C)(NC(=O)C1CCN(C(=O)N(C)C)CC1)C(=O)O. The predicted molar refractivity (Wildman–Crippen MR) is 79.4 cm³/mol. The van der Waals surface area contributed by atoms with Crippen LogP contribution in [-0.4, -0.2) is 79.3 Å². The van der Waals surface area contributed by atoms with Crippen LogP contribution in [0, 0.1) is 5.92 Å². The second kappa shape index (κ2) is 7.44. The van der Waals surface area contributed by atoms with Gasteiger partial charge in [0.25, 0.3) is 0 Å². The van der Waals surface area contributed by atoms with E-state index in [0.29, 0.717) is 25.9 Å². The Labute approximate surface area is 130 Å². The van der Waals surface area contributed by atoms with Crippen LogP contribution >= 0.6 is 0 Å². The van der Waals surface area contributed by atoms with Gasteiger partial charge in [-0.05, 0) is 19.8 Å². The second-order valence-corrected chi connectivity index (χ2v) is 6.00. The van der Waals surface area contributed by atoms with Gasteiger partial charge >= 0.3 is 12.0 Å². The number of hydrogen-bond acceptors (Lipinski definition) is 4. The zero-order valence-electron chi connectivity index (χ0n) is 13.6. The quantitative estimate of drug-likeness (QED) is 0.743. The van der Waals surface area contributed by atoms with Gasteiger partial charge in [0.15, 0.2) is 5.54 Å². The first-order valence-corrected chi connectivity index (χ1v) is 7.22. The predicted octanol–water partition coefficient (Wildman–Crippen LogP) is -0.0141. The Balaban J connectivity index is 2.59. The van der Waals surface area contributed by atoms with E-state index < -0.39 is 11.5 Å². The Bertz CT molecular complexity index is 432. The summed E-state index contributed by atoms with van der Waals surface area (Å²) in [6.07, 6.45) is 1.04. The second-order valence-electron chi connectivity index (χ2n) is 6.00. The fourth-order valence-corrected chi connectivity index (χ4v) is 2.43. The van der Waals surface area contributed by atoms with Crippen molar-refractivity contribution in [3.05, 3.63) is 0 Å². The number of nitrogens with one attached hydrogen (secondary N) is 1. The maximum atomic E-state index is 12.3. The van der Waals surface area contributed by atoms with Crippen LogP contribution in [0.1, 0.15) is 19.8 Å². The highest BCUT2D eigenvalue weighted by Gasteiger charge is 2.38. The number of carboxylic acid groups (broad SMARTS) is 1. The van der Waals surface area contributed by atoms with E-state index in [1.807, 2.05) is 0 Å². The third kappa shape index (κ3) is 4.33. The number of aliphatic carboxylic acids is 1. The smallest absolute Gasteiger partial charge is 0.331 e. The van der Waals surface area contributed by atoms with Gasteiger partial charge in [0.2, 0.25) is 5.91 Å². The van der Waals surface area contributed by atoms with E-state index in [4.69, 9.17) is 4.74 Å². The van der Waals surface area contributed by atoms with Crippen LogP contribution in [0.2, 0.25) is 0 Å². The van der Waals surface area contributed by atoms with Gasteiger partial charge in [-0.15, -0.1) is 0 Å². The molecule has 0 radical (unpaired) electrons. The molecule has 0 aliphatic carbocycles. The monoisotopic (exact) mass is 315 g/mol. The topological polar surface area (TPSA) is 99.2 Å². The molecule has 1 aliphatic heterocycles. The van der Waals surface area contributed by atoms with Crippen molar-refractivity contribution in [1.29, 1.82) is 0 Å². The fraction of sp³-hybridized carbons (Fsp3) is 0.786. The standard InChI is InChI=1S/C14H25N3O5/c1-14(9-22-4,12(19)20)15-11(18)10-5-7-17(8-6-10)13(21)16(2)3/h10H,5-9H2,1-4H3,(H,15,18)(H,19,20). The zero-order chi connectivity index (χ0) is 16.9. The summed E-state index contributed by atoms with van der Waals surface area (Å²) in [5.41, 5.74) is -1.44. The number of carbonyl (C=O) groups excluding carboxylic acids is 2. The minimum Gasteiger partial charge on any atom is -0.479 e. The number of nitrogens with zero attached hydrogens (tertiary/aromatic N) is 2. The van der Waals surface area contributed by atoms with Crippen LogP contribution < -0.4 is 5.32 Å². The van der Waals surface area contributed by atoms with E-state index in [1.54, 1.807) is 19.0 Å². The van der Waals surface area contributed by atoms with E-state index in [1.165, 1.54) is 18.9 Å². The lowest BCUT2D eigenvalue weighted by atomic mass is 9.94. The van der Waals surface area contributed by atoms with Crippen molar-refractivity contribution in [2.75, 3.05) is 40.9 Å². The van der Waals surface area contributed by atoms with E-state index in [0.717, 1.165) is 0 Å². The molecule has 1 unspecified atom stereocenters. The minimum atomic E-state index is -1.44. The molecular formula is C14H25N3O5. The van der Waals surface area contributed by atoms with Gasteiger partial charge in [-0.2, -0.15) is 0 Å². The number of likely N-dealkylation sites (tertiary alicyclic amines) is 1. The molecule has 0 aromatic rings. The molecule has 22 heavy (non-hydrogen) atoms. The van der Waals surface area contributed by atoms with Gasteiger partial charge in [-0.25, -0.2) is 9.59 Å². The summed E-state index contributed by atoms with van der Waals surface area (Å²) in [5.74, 6) is -1.73. The number of amides is 3. The maximum Gasteiger partial charge on any atom is 0.331 e. The summed E-state index contributed by atoms with van der Waals surface area (Å²) in [5, 5.41) is 11.8. The minimum absolute atomic E-state index is 0.0754. The van der Waals surface area contributed by atoms with Crippen molar-refractivity contribution in [3.8, 4) is 0 Å². The third-order valence-corrected chi connectivity index (χ3v) is 3.82. The molecule has 0 aromatic carbocycles. The maximum absolute atomic E-state index is 12.3. The zero-order valence-corrected chi connectivity index (χ0v) is 13.6. The number of urea groups is 1. The summed E-state index contributed by atoms with van der Waals surface area (Å²) in [6, 6.07) is -0.0754. The average molecular weight is 315 g/mol. The van der Waals surface area contributed by atoms with Crippen molar-refractivity contribution in [1.82, 2.24) is 15.1 Å². The molecule has 1 atom stereocenters. The Morgan fingerprint density at radius 1 is 1.32 bits per heavy atom. The molecule has 0 saturated carbocycles. The van der Waals surface area contributed by atoms with Gasteiger partial charge < -0.3 is 25.0 Å². The average Bonchev–Trinajstić information content (AvgIpc) is 2.46. The molecule has 0 aromatic heterocycles. The number of piperidine rings is 1. The summed E-state index contributed by atoms with van der Waals surface area (Å²) in [4.78, 5) is 38.6. The lowest BCUT2D eigenvalue weighted by molar-refractivity contribution is -0.150. The number of methoxy groups -OCH3 is 1. The molecular weight excluding hydrogens is 290 g/mol. The van der Waals surface area contributed by atoms with Gasteiger partial charge in [-0.3, -0.25) is 4.79 Å². The highest BCUT2D eigenvalue weighted by molar-refractivity contribution is 5.88. The number of carboxylic acids is 1. The summed E-state index contributed by atoms with van der Waals surface area (Å²) in [6.45, 7) is 2.29. The van der Waals surface area contributed by atoms with Gasteiger partial charge in [0, 0.05) is 40.2 Å². The van der Waals surface area contributed by atoms with Crippen molar-refractivity contribution in [2.24, 2.45) is 5.92 Å². The first-order chi connectivity index (χ1) is 10.2. The first kappa shape index (κ1) is 18.2. The van der Waals surface area contributed by atoms with E-state index in [2.05, 4.69) is 5.32 Å². The highest BCUT2D eigenvalue weighted by Crippen LogP contribution is 2.19. The number of rotatable bonds is 5. The van der Waals surface area contributed by atoms with Crippen molar-refractivity contribution in [3.63, 3.8) is 0 Å². The van der Waals surface area contributed by atoms with Crippen LogP contribution in [0.3, 0.4) is 0 Å². The molecule has 3 amide bonds.